The zero-order valence-electron chi connectivity index (χ0n) is 18.8. The lowest BCUT2D eigenvalue weighted by atomic mass is 10.1. The molecule has 2 aromatic carbocycles. The monoisotopic (exact) mass is 450 g/mol. The van der Waals surface area contributed by atoms with Gasteiger partial charge in [0.15, 0.2) is 17.6 Å². The fraction of sp³-hybridized carbons (Fsp3) is 0.409. The van der Waals surface area contributed by atoms with Crippen molar-refractivity contribution < 1.29 is 27.4 Å². The zero-order valence-corrected chi connectivity index (χ0v) is 19.6. The minimum atomic E-state index is -3.35. The first-order valence-electron chi connectivity index (χ1n) is 9.77. The van der Waals surface area contributed by atoms with E-state index in [4.69, 9.17) is 14.2 Å². The largest absolute Gasteiger partial charge is 0.493 e. The number of anilines is 1. The van der Waals surface area contributed by atoms with Gasteiger partial charge in [0.1, 0.15) is 5.75 Å². The first kappa shape index (κ1) is 24.3. The van der Waals surface area contributed by atoms with Gasteiger partial charge in [-0.2, -0.15) is 0 Å². The second kappa shape index (κ2) is 10.4. The highest BCUT2D eigenvalue weighted by Gasteiger charge is 2.23. The normalized spacial score (nSPS) is 12.1. The Morgan fingerprint density at radius 2 is 1.61 bits per heavy atom. The Labute approximate surface area is 184 Å². The van der Waals surface area contributed by atoms with Gasteiger partial charge in [0.05, 0.1) is 26.2 Å². The summed E-state index contributed by atoms with van der Waals surface area (Å²) in [4.78, 5) is 14.5. The second-order valence-corrected chi connectivity index (χ2v) is 9.14. The molecule has 0 spiro atoms. The number of nitrogens with zero attached hydrogens (tertiary/aromatic N) is 2. The maximum atomic E-state index is 12.9. The first-order chi connectivity index (χ1) is 14.6. The molecule has 0 aliphatic carbocycles. The number of ether oxygens (including phenoxy) is 3. The van der Waals surface area contributed by atoms with E-state index in [1.165, 1.54) is 11.4 Å². The molecule has 2 aromatic rings. The molecule has 0 aliphatic rings. The lowest BCUT2D eigenvalue weighted by Gasteiger charge is -2.24. The molecular formula is C22H30N2O6S. The van der Waals surface area contributed by atoms with Crippen LogP contribution in [0.25, 0.3) is 0 Å². The van der Waals surface area contributed by atoms with Crippen LogP contribution in [0.5, 0.6) is 17.2 Å². The van der Waals surface area contributed by atoms with Crippen molar-refractivity contribution in [2.45, 2.75) is 26.0 Å². The Balaban J connectivity index is 2.07. The molecule has 0 saturated heterocycles. The number of rotatable bonds is 10. The number of benzene rings is 2. The van der Waals surface area contributed by atoms with Gasteiger partial charge in [-0.25, -0.2) is 8.42 Å². The second-order valence-electron chi connectivity index (χ2n) is 7.12. The van der Waals surface area contributed by atoms with Gasteiger partial charge in [-0.3, -0.25) is 9.10 Å². The average Bonchev–Trinajstić information content (AvgIpc) is 2.76. The molecule has 31 heavy (non-hydrogen) atoms. The predicted molar refractivity (Wildman–Crippen MR) is 120 cm³/mol. The highest BCUT2D eigenvalue weighted by atomic mass is 32.2. The Hall–Kier alpha value is -2.94. The van der Waals surface area contributed by atoms with E-state index in [0.29, 0.717) is 35.9 Å². The summed E-state index contributed by atoms with van der Waals surface area (Å²) < 4.78 is 40.9. The quantitative estimate of drug-likeness (QED) is 0.553. The molecule has 1 unspecified atom stereocenters. The third-order valence-corrected chi connectivity index (χ3v) is 6.07. The van der Waals surface area contributed by atoms with Crippen LogP contribution in [0.2, 0.25) is 0 Å². The smallest absolute Gasteiger partial charge is 0.263 e. The molecule has 9 heteroatoms. The van der Waals surface area contributed by atoms with Crippen LogP contribution in [-0.4, -0.2) is 59.9 Å². The summed E-state index contributed by atoms with van der Waals surface area (Å²) in [6.07, 6.45) is 0.959. The Morgan fingerprint density at radius 1 is 1.00 bits per heavy atom. The highest BCUT2D eigenvalue weighted by Crippen LogP contribution is 2.28. The van der Waals surface area contributed by atoms with Crippen molar-refractivity contribution in [1.29, 1.82) is 0 Å². The van der Waals surface area contributed by atoms with E-state index in [2.05, 4.69) is 0 Å². The van der Waals surface area contributed by atoms with Crippen LogP contribution in [0.1, 0.15) is 18.9 Å². The molecule has 0 bridgehead atoms. The fourth-order valence-corrected chi connectivity index (χ4v) is 3.48. The number of hydrogen-bond donors (Lipinski definition) is 0. The number of carbonyl (C=O) groups excluding carboxylic acids is 1. The highest BCUT2D eigenvalue weighted by molar-refractivity contribution is 7.92. The lowest BCUT2D eigenvalue weighted by Crippen LogP contribution is -2.39. The van der Waals surface area contributed by atoms with Crippen molar-refractivity contribution in [3.05, 3.63) is 48.0 Å². The predicted octanol–water partition coefficient (Wildman–Crippen LogP) is 2.92. The van der Waals surface area contributed by atoms with E-state index < -0.39 is 16.1 Å². The molecule has 0 fully saturated rings. The molecule has 0 heterocycles. The van der Waals surface area contributed by atoms with Gasteiger partial charge in [0, 0.05) is 20.6 Å². The number of methoxy groups -OCH3 is 2. The molecule has 1 amide bonds. The molecule has 0 N–H and O–H groups in total. The molecule has 0 aromatic heterocycles. The van der Waals surface area contributed by atoms with Crippen LogP contribution in [0.15, 0.2) is 42.5 Å². The molecule has 0 saturated carbocycles. The van der Waals surface area contributed by atoms with Gasteiger partial charge in [-0.1, -0.05) is 13.0 Å². The molecule has 1 atom stereocenters. The van der Waals surface area contributed by atoms with Gasteiger partial charge in [-0.05, 0) is 48.4 Å². The third-order valence-electron chi connectivity index (χ3n) is 4.87. The van der Waals surface area contributed by atoms with Crippen molar-refractivity contribution in [2.24, 2.45) is 0 Å². The summed E-state index contributed by atoms with van der Waals surface area (Å²) in [6, 6.07) is 12.1. The summed E-state index contributed by atoms with van der Waals surface area (Å²) in [7, 11) is 2.99. The van der Waals surface area contributed by atoms with Crippen molar-refractivity contribution in [2.75, 3.05) is 38.9 Å². The summed E-state index contributed by atoms with van der Waals surface area (Å²) in [5.74, 6) is 1.56. The number of amides is 1. The molecule has 170 valence electrons. The van der Waals surface area contributed by atoms with Crippen molar-refractivity contribution in [3.8, 4) is 17.2 Å². The zero-order chi connectivity index (χ0) is 23.2. The molecule has 8 nitrogen and oxygen atoms in total. The van der Waals surface area contributed by atoms with E-state index in [9.17, 15) is 13.2 Å². The van der Waals surface area contributed by atoms with E-state index in [0.717, 1.165) is 11.8 Å². The Bertz CT molecular complexity index is 992. The minimum Gasteiger partial charge on any atom is -0.493 e. The van der Waals surface area contributed by atoms with Crippen LogP contribution < -0.4 is 18.5 Å². The van der Waals surface area contributed by atoms with Crippen LogP contribution in [-0.2, 0) is 21.4 Å². The van der Waals surface area contributed by atoms with Crippen LogP contribution in [0.3, 0.4) is 0 Å². The SMILES string of the molecule is CCC(Oc1ccc(N(C)S(C)(=O)=O)cc1)C(=O)N(C)Cc1ccc(OC)c(OC)c1. The van der Waals surface area contributed by atoms with Gasteiger partial charge in [-0.15, -0.1) is 0 Å². The topological polar surface area (TPSA) is 85.4 Å². The summed E-state index contributed by atoms with van der Waals surface area (Å²) in [5.41, 5.74) is 1.41. The van der Waals surface area contributed by atoms with Gasteiger partial charge in [0.25, 0.3) is 5.91 Å². The van der Waals surface area contributed by atoms with Gasteiger partial charge in [0.2, 0.25) is 10.0 Å². The number of carbonyl (C=O) groups is 1. The minimum absolute atomic E-state index is 0.158. The van der Waals surface area contributed by atoms with Crippen LogP contribution in [0, 0.1) is 0 Å². The molecule has 0 radical (unpaired) electrons. The van der Waals surface area contributed by atoms with E-state index >= 15 is 0 Å². The Kier molecular flexibility index (Phi) is 8.15. The summed E-state index contributed by atoms with van der Waals surface area (Å²) in [5, 5.41) is 0. The van der Waals surface area contributed by atoms with Crippen LogP contribution in [0.4, 0.5) is 5.69 Å². The Morgan fingerprint density at radius 3 is 2.13 bits per heavy atom. The number of hydrogen-bond acceptors (Lipinski definition) is 6. The van der Waals surface area contributed by atoms with Crippen molar-refractivity contribution >= 4 is 21.6 Å². The van der Waals surface area contributed by atoms with Gasteiger partial charge >= 0.3 is 0 Å². The maximum absolute atomic E-state index is 12.9. The summed E-state index contributed by atoms with van der Waals surface area (Å²) in [6.45, 7) is 2.26. The van der Waals surface area contributed by atoms with Crippen molar-refractivity contribution in [3.63, 3.8) is 0 Å². The van der Waals surface area contributed by atoms with Crippen LogP contribution >= 0.6 is 0 Å². The number of likely N-dealkylation sites (N-methyl/N-ethyl adjacent to an activating group) is 1. The molecule has 2 rings (SSSR count). The number of sulfonamides is 1. The average molecular weight is 451 g/mol. The van der Waals surface area contributed by atoms with Crippen molar-refractivity contribution in [1.82, 2.24) is 4.90 Å². The maximum Gasteiger partial charge on any atom is 0.263 e. The van der Waals surface area contributed by atoms with E-state index in [1.54, 1.807) is 56.5 Å². The fourth-order valence-electron chi connectivity index (χ4n) is 2.98. The van der Waals surface area contributed by atoms with E-state index in [1.807, 2.05) is 19.1 Å². The molecule has 0 aliphatic heterocycles. The lowest BCUT2D eigenvalue weighted by molar-refractivity contribution is -0.138. The van der Waals surface area contributed by atoms with Gasteiger partial charge < -0.3 is 19.1 Å². The van der Waals surface area contributed by atoms with E-state index in [-0.39, 0.29) is 5.91 Å². The molecular weight excluding hydrogens is 420 g/mol. The standard InChI is InChI=1S/C22H30N2O6S/c1-7-19(30-18-11-9-17(10-12-18)24(3)31(6,26)27)22(25)23(2)15-16-8-13-20(28-4)21(14-16)29-5/h8-14,19H,7,15H2,1-6H3. The third kappa shape index (κ3) is 6.27. The summed E-state index contributed by atoms with van der Waals surface area (Å²) >= 11 is 0. The first-order valence-corrected chi connectivity index (χ1v) is 11.6.